The lowest BCUT2D eigenvalue weighted by molar-refractivity contribution is -0.133. The van der Waals surface area contributed by atoms with E-state index in [1.165, 1.54) is 41.9 Å². The van der Waals surface area contributed by atoms with E-state index < -0.39 is 10.0 Å². The molecule has 0 N–H and O–H groups in total. The summed E-state index contributed by atoms with van der Waals surface area (Å²) in [5.41, 5.74) is 1.35. The summed E-state index contributed by atoms with van der Waals surface area (Å²) < 4.78 is 37.1. The van der Waals surface area contributed by atoms with Crippen LogP contribution in [-0.2, 0) is 21.2 Å². The Hall–Kier alpha value is -2.84. The van der Waals surface area contributed by atoms with Gasteiger partial charge in [0.15, 0.2) is 0 Å². The van der Waals surface area contributed by atoms with Crippen LogP contribution in [0.2, 0.25) is 0 Å². The second-order valence-electron chi connectivity index (χ2n) is 5.92. The van der Waals surface area contributed by atoms with Crippen molar-refractivity contribution in [2.24, 2.45) is 0 Å². The summed E-state index contributed by atoms with van der Waals surface area (Å²) >= 11 is 1.52. The molecule has 0 aliphatic carbocycles. The molecule has 8 heteroatoms. The van der Waals surface area contributed by atoms with E-state index in [4.69, 9.17) is 9.47 Å². The van der Waals surface area contributed by atoms with E-state index in [0.717, 1.165) is 5.56 Å². The van der Waals surface area contributed by atoms with Gasteiger partial charge in [-0.3, -0.25) is 9.10 Å². The first-order valence-electron chi connectivity index (χ1n) is 8.35. The molecular weight excluding hydrogens is 398 g/mol. The highest BCUT2D eigenvalue weighted by atomic mass is 32.2. The average molecular weight is 418 g/mol. The minimum absolute atomic E-state index is 0.155. The number of carbonyl (C=O) groups excluding carboxylic acids is 1. The van der Waals surface area contributed by atoms with Gasteiger partial charge in [-0.05, 0) is 70.9 Å². The molecule has 0 bridgehead atoms. The van der Waals surface area contributed by atoms with Crippen molar-refractivity contribution in [1.82, 2.24) is 0 Å². The Balaban J connectivity index is 1.70. The number of esters is 1. The number of benzene rings is 2. The molecule has 0 fully saturated rings. The van der Waals surface area contributed by atoms with Crippen LogP contribution in [0.3, 0.4) is 0 Å². The summed E-state index contributed by atoms with van der Waals surface area (Å²) in [6.45, 7) is 0. The van der Waals surface area contributed by atoms with Crippen molar-refractivity contribution in [2.45, 2.75) is 11.3 Å². The van der Waals surface area contributed by atoms with E-state index in [1.807, 2.05) is 16.8 Å². The van der Waals surface area contributed by atoms with E-state index in [2.05, 4.69) is 0 Å². The molecule has 0 saturated carbocycles. The molecule has 6 nitrogen and oxygen atoms in total. The number of carbonyl (C=O) groups is 1. The van der Waals surface area contributed by atoms with Crippen LogP contribution in [0, 0.1) is 0 Å². The van der Waals surface area contributed by atoms with E-state index in [0.29, 0.717) is 17.2 Å². The van der Waals surface area contributed by atoms with Gasteiger partial charge >= 0.3 is 5.97 Å². The van der Waals surface area contributed by atoms with E-state index >= 15 is 0 Å². The Kier molecular flexibility index (Phi) is 6.01. The molecule has 28 heavy (non-hydrogen) atoms. The van der Waals surface area contributed by atoms with Gasteiger partial charge in [0.2, 0.25) is 0 Å². The fourth-order valence-corrected chi connectivity index (χ4v) is 4.36. The van der Waals surface area contributed by atoms with E-state index in [9.17, 15) is 13.2 Å². The molecule has 0 atom stereocenters. The number of thiophene rings is 1. The van der Waals surface area contributed by atoms with Gasteiger partial charge in [-0.1, -0.05) is 0 Å². The Morgan fingerprint density at radius 3 is 2.21 bits per heavy atom. The Bertz CT molecular complexity index is 1030. The third-order valence-electron chi connectivity index (χ3n) is 4.08. The van der Waals surface area contributed by atoms with Crippen molar-refractivity contribution in [3.8, 4) is 11.5 Å². The number of hydrogen-bond donors (Lipinski definition) is 0. The third kappa shape index (κ3) is 4.52. The first kappa shape index (κ1) is 19.9. The van der Waals surface area contributed by atoms with Crippen molar-refractivity contribution in [3.63, 3.8) is 0 Å². The first-order chi connectivity index (χ1) is 13.4. The van der Waals surface area contributed by atoms with Crippen molar-refractivity contribution < 1.29 is 22.7 Å². The Labute approximate surface area is 168 Å². The number of sulfonamides is 1. The van der Waals surface area contributed by atoms with Crippen LogP contribution in [0.1, 0.15) is 5.56 Å². The number of rotatable bonds is 7. The van der Waals surface area contributed by atoms with Gasteiger partial charge < -0.3 is 9.47 Å². The quantitative estimate of drug-likeness (QED) is 0.433. The minimum atomic E-state index is -3.72. The highest BCUT2D eigenvalue weighted by molar-refractivity contribution is 7.92. The largest absolute Gasteiger partial charge is 0.497 e. The van der Waals surface area contributed by atoms with Crippen LogP contribution >= 0.6 is 11.3 Å². The van der Waals surface area contributed by atoms with Gasteiger partial charge in [0.05, 0.1) is 24.1 Å². The summed E-state index contributed by atoms with van der Waals surface area (Å²) in [5, 5.41) is 3.79. The van der Waals surface area contributed by atoms with Crippen molar-refractivity contribution >= 4 is 33.0 Å². The van der Waals surface area contributed by atoms with Gasteiger partial charge in [-0.25, -0.2) is 8.42 Å². The highest BCUT2D eigenvalue weighted by Crippen LogP contribution is 2.25. The maximum absolute atomic E-state index is 12.8. The lowest BCUT2D eigenvalue weighted by atomic mass is 10.2. The number of anilines is 1. The molecule has 1 aromatic heterocycles. The zero-order chi connectivity index (χ0) is 20.1. The van der Waals surface area contributed by atoms with Gasteiger partial charge in [0, 0.05) is 7.05 Å². The number of nitrogens with zero attached hydrogens (tertiary/aromatic N) is 1. The SMILES string of the molecule is COc1ccc(S(=O)(=O)N(C)c2ccc(OC(=O)Cc3ccsc3)cc2)cc1. The second kappa shape index (κ2) is 8.45. The molecular formula is C20H19NO5S2. The van der Waals surface area contributed by atoms with E-state index in [1.54, 1.807) is 36.4 Å². The van der Waals surface area contributed by atoms with Crippen LogP contribution < -0.4 is 13.8 Å². The topological polar surface area (TPSA) is 72.9 Å². The summed E-state index contributed by atoms with van der Waals surface area (Å²) in [6, 6.07) is 14.4. The first-order valence-corrected chi connectivity index (χ1v) is 10.7. The molecule has 3 rings (SSSR count). The predicted molar refractivity (Wildman–Crippen MR) is 109 cm³/mol. The van der Waals surface area contributed by atoms with Gasteiger partial charge in [0.1, 0.15) is 11.5 Å². The molecule has 0 spiro atoms. The maximum Gasteiger partial charge on any atom is 0.315 e. The Morgan fingerprint density at radius 2 is 1.64 bits per heavy atom. The Morgan fingerprint density at radius 1 is 1.00 bits per heavy atom. The summed E-state index contributed by atoms with van der Waals surface area (Å²) in [7, 11) is -0.728. The second-order valence-corrected chi connectivity index (χ2v) is 8.67. The fraction of sp³-hybridized carbons (Fsp3) is 0.150. The summed E-state index contributed by atoms with van der Waals surface area (Å²) in [4.78, 5) is 12.1. The van der Waals surface area contributed by atoms with Crippen molar-refractivity contribution in [3.05, 3.63) is 70.9 Å². The zero-order valence-corrected chi connectivity index (χ0v) is 17.0. The molecule has 0 saturated heterocycles. The zero-order valence-electron chi connectivity index (χ0n) is 15.4. The number of hydrogen-bond acceptors (Lipinski definition) is 6. The van der Waals surface area contributed by atoms with E-state index in [-0.39, 0.29) is 17.3 Å². The highest BCUT2D eigenvalue weighted by Gasteiger charge is 2.21. The monoisotopic (exact) mass is 417 g/mol. The molecule has 1 heterocycles. The van der Waals surface area contributed by atoms with Gasteiger partial charge in [-0.2, -0.15) is 11.3 Å². The fourth-order valence-electron chi connectivity index (χ4n) is 2.50. The molecule has 2 aromatic carbocycles. The average Bonchev–Trinajstić information content (AvgIpc) is 3.21. The lowest BCUT2D eigenvalue weighted by Gasteiger charge is -2.20. The maximum atomic E-state index is 12.8. The summed E-state index contributed by atoms with van der Waals surface area (Å²) in [5.74, 6) is 0.569. The predicted octanol–water partition coefficient (Wildman–Crippen LogP) is 3.73. The molecule has 0 unspecified atom stereocenters. The normalized spacial score (nSPS) is 11.1. The van der Waals surface area contributed by atoms with Crippen LogP contribution in [-0.4, -0.2) is 28.5 Å². The smallest absolute Gasteiger partial charge is 0.315 e. The van der Waals surface area contributed by atoms with Crippen LogP contribution in [0.15, 0.2) is 70.3 Å². The van der Waals surface area contributed by atoms with Crippen molar-refractivity contribution in [2.75, 3.05) is 18.5 Å². The van der Waals surface area contributed by atoms with Crippen LogP contribution in [0.4, 0.5) is 5.69 Å². The standard InChI is InChI=1S/C20H19NO5S2/c1-21(28(23,24)19-9-7-17(25-2)8-10-19)16-3-5-18(6-4-16)26-20(22)13-15-11-12-27-14-15/h3-12,14H,13H2,1-2H3. The molecule has 146 valence electrons. The van der Waals surface area contributed by atoms with Crippen molar-refractivity contribution in [1.29, 1.82) is 0 Å². The number of methoxy groups -OCH3 is 1. The molecule has 0 aliphatic heterocycles. The lowest BCUT2D eigenvalue weighted by Crippen LogP contribution is -2.26. The number of ether oxygens (including phenoxy) is 2. The molecule has 0 radical (unpaired) electrons. The van der Waals surface area contributed by atoms with Crippen LogP contribution in [0.5, 0.6) is 11.5 Å². The molecule has 0 amide bonds. The van der Waals surface area contributed by atoms with Crippen LogP contribution in [0.25, 0.3) is 0 Å². The van der Waals surface area contributed by atoms with Gasteiger partial charge in [-0.15, -0.1) is 0 Å². The molecule has 0 aliphatic rings. The molecule has 3 aromatic rings. The third-order valence-corrected chi connectivity index (χ3v) is 6.61. The van der Waals surface area contributed by atoms with Gasteiger partial charge in [0.25, 0.3) is 10.0 Å². The minimum Gasteiger partial charge on any atom is -0.497 e. The summed E-state index contributed by atoms with van der Waals surface area (Å²) in [6.07, 6.45) is 0.191.